The average molecular weight is 637 g/mol. The summed E-state index contributed by atoms with van der Waals surface area (Å²) in [6, 6.07) is 11.8. The van der Waals surface area contributed by atoms with Crippen LogP contribution in [0.25, 0.3) is 11.1 Å². The lowest BCUT2D eigenvalue weighted by Gasteiger charge is -2.44. The Labute approximate surface area is 268 Å². The Kier molecular flexibility index (Phi) is 9.25. The second kappa shape index (κ2) is 13.0. The van der Waals surface area contributed by atoms with Crippen molar-refractivity contribution in [2.75, 3.05) is 35.2 Å². The molecule has 1 aliphatic carbocycles. The molecule has 46 heavy (non-hydrogen) atoms. The van der Waals surface area contributed by atoms with E-state index in [1.807, 2.05) is 6.92 Å². The highest BCUT2D eigenvalue weighted by atomic mass is 16.7. The lowest BCUT2D eigenvalue weighted by atomic mass is 9.71. The molecule has 5 atom stereocenters. The zero-order chi connectivity index (χ0) is 33.3. The molecular formula is C35H40O11. The molecule has 0 spiro atoms. The van der Waals surface area contributed by atoms with E-state index in [4.69, 9.17) is 37.9 Å². The lowest BCUT2D eigenvalue weighted by Crippen LogP contribution is -2.46. The number of rotatable bonds is 9. The Morgan fingerprint density at radius 2 is 1.57 bits per heavy atom. The van der Waals surface area contributed by atoms with Crippen molar-refractivity contribution in [2.45, 2.75) is 51.9 Å². The molecule has 0 amide bonds. The maximum Gasteiger partial charge on any atom is 0.338 e. The van der Waals surface area contributed by atoms with Crippen LogP contribution in [0.4, 0.5) is 0 Å². The fourth-order valence-electron chi connectivity index (χ4n) is 5.98. The summed E-state index contributed by atoms with van der Waals surface area (Å²) in [5.41, 5.74) is 0.0115. The molecule has 0 radical (unpaired) electrons. The monoisotopic (exact) mass is 636 g/mol. The largest absolute Gasteiger partial charge is 0.493 e. The number of benzene rings is 3. The molecule has 0 bridgehead atoms. The second-order valence-corrected chi connectivity index (χ2v) is 11.6. The predicted molar refractivity (Wildman–Crippen MR) is 167 cm³/mol. The van der Waals surface area contributed by atoms with E-state index in [2.05, 4.69) is 0 Å². The van der Waals surface area contributed by atoms with Crippen molar-refractivity contribution in [2.24, 2.45) is 11.8 Å². The van der Waals surface area contributed by atoms with Gasteiger partial charge in [0.2, 0.25) is 18.3 Å². The molecule has 246 valence electrons. The van der Waals surface area contributed by atoms with Crippen LogP contribution in [0, 0.1) is 11.8 Å². The summed E-state index contributed by atoms with van der Waals surface area (Å²) in [6.45, 7) is 6.88. The molecule has 0 saturated heterocycles. The molecule has 1 aliphatic heterocycles. The lowest BCUT2D eigenvalue weighted by molar-refractivity contribution is -0.172. The van der Waals surface area contributed by atoms with Gasteiger partial charge in [0.25, 0.3) is 0 Å². The van der Waals surface area contributed by atoms with Gasteiger partial charge in [0.1, 0.15) is 11.7 Å². The van der Waals surface area contributed by atoms with Gasteiger partial charge in [-0.2, -0.15) is 0 Å². The zero-order valence-electron chi connectivity index (χ0n) is 27.3. The number of ether oxygens (including phenoxy) is 8. The third kappa shape index (κ3) is 5.42. The van der Waals surface area contributed by atoms with Crippen molar-refractivity contribution in [3.63, 3.8) is 0 Å². The van der Waals surface area contributed by atoms with Crippen LogP contribution in [0.1, 0.15) is 67.8 Å². The molecule has 11 heteroatoms. The van der Waals surface area contributed by atoms with Crippen molar-refractivity contribution in [3.05, 3.63) is 59.2 Å². The van der Waals surface area contributed by atoms with Crippen LogP contribution in [-0.4, -0.2) is 57.9 Å². The quantitative estimate of drug-likeness (QED) is 0.276. The van der Waals surface area contributed by atoms with E-state index in [0.717, 1.165) is 0 Å². The van der Waals surface area contributed by atoms with Gasteiger partial charge in [-0.1, -0.05) is 39.0 Å². The maximum absolute atomic E-state index is 13.7. The van der Waals surface area contributed by atoms with E-state index >= 15 is 0 Å². The van der Waals surface area contributed by atoms with Crippen LogP contribution in [-0.2, 0) is 14.3 Å². The molecule has 5 rings (SSSR count). The topological polar surface area (TPSA) is 128 Å². The SMILES string of the molecule is CC[C@@H](C)C(=O)O[C@@H]1c2cc3c(c(OC)c2-c2c(cc(OC)c(OC)c2OC)[C@@H](OC(=O)c2ccccc2)[C@@](C)(O)[C@H]1C)OCO3. The van der Waals surface area contributed by atoms with Crippen molar-refractivity contribution >= 4 is 11.9 Å². The molecule has 0 saturated carbocycles. The van der Waals surface area contributed by atoms with Crippen molar-refractivity contribution in [1.29, 1.82) is 0 Å². The van der Waals surface area contributed by atoms with E-state index in [-0.39, 0.29) is 35.4 Å². The van der Waals surface area contributed by atoms with E-state index in [1.165, 1.54) is 28.4 Å². The predicted octanol–water partition coefficient (Wildman–Crippen LogP) is 6.05. The van der Waals surface area contributed by atoms with Crippen LogP contribution in [0.15, 0.2) is 42.5 Å². The highest BCUT2D eigenvalue weighted by Crippen LogP contribution is 2.61. The van der Waals surface area contributed by atoms with E-state index in [1.54, 1.807) is 63.2 Å². The van der Waals surface area contributed by atoms with Gasteiger partial charge in [0.05, 0.1) is 39.9 Å². The average Bonchev–Trinajstić information content (AvgIpc) is 3.55. The van der Waals surface area contributed by atoms with Crippen molar-refractivity contribution in [3.8, 4) is 45.6 Å². The molecule has 11 nitrogen and oxygen atoms in total. The molecule has 1 heterocycles. The molecule has 3 aromatic rings. The summed E-state index contributed by atoms with van der Waals surface area (Å²) < 4.78 is 47.6. The normalized spacial score (nSPS) is 21.9. The molecule has 2 aliphatic rings. The molecule has 0 unspecified atom stereocenters. The highest BCUT2D eigenvalue weighted by molar-refractivity contribution is 5.92. The first-order valence-electron chi connectivity index (χ1n) is 15.1. The summed E-state index contributed by atoms with van der Waals surface area (Å²) in [5.74, 6) is -0.746. The highest BCUT2D eigenvalue weighted by Gasteiger charge is 2.52. The number of hydrogen-bond acceptors (Lipinski definition) is 11. The fourth-order valence-corrected chi connectivity index (χ4v) is 5.98. The summed E-state index contributed by atoms with van der Waals surface area (Å²) in [6.07, 6.45) is -1.87. The Morgan fingerprint density at radius 3 is 2.17 bits per heavy atom. The number of esters is 2. The number of carbonyl (C=O) groups is 2. The van der Waals surface area contributed by atoms with Crippen molar-refractivity contribution in [1.82, 2.24) is 0 Å². The van der Waals surface area contributed by atoms with Gasteiger partial charge >= 0.3 is 11.9 Å². The summed E-state index contributed by atoms with van der Waals surface area (Å²) in [4.78, 5) is 27.1. The number of methoxy groups -OCH3 is 4. The van der Waals surface area contributed by atoms with Gasteiger partial charge in [-0.05, 0) is 37.6 Å². The fraction of sp³-hybridized carbons (Fsp3) is 0.429. The standard InChI is InChI=1S/C35H40O11/c1-9-18(2)33(36)45-27-19(3)35(4,38)32(46-34(37)20-13-11-10-12-14-20)22-16-23(39-5)28(40-6)30(41-7)26(22)25-21(27)15-24-29(31(25)42-8)44-17-43-24/h10-16,18-19,27,32,38H,9,17H2,1-8H3/t18-,19+,27+,32-,35+/m1/s1. The van der Waals surface area contributed by atoms with Crippen LogP contribution in [0.2, 0.25) is 0 Å². The molecule has 0 fully saturated rings. The van der Waals surface area contributed by atoms with Crippen LogP contribution in [0.3, 0.4) is 0 Å². The summed E-state index contributed by atoms with van der Waals surface area (Å²) in [5, 5.41) is 12.6. The second-order valence-electron chi connectivity index (χ2n) is 11.6. The number of hydrogen-bond donors (Lipinski definition) is 1. The van der Waals surface area contributed by atoms with Gasteiger partial charge < -0.3 is 43.0 Å². The van der Waals surface area contributed by atoms with Crippen molar-refractivity contribution < 1.29 is 52.6 Å². The van der Waals surface area contributed by atoms with E-state index in [0.29, 0.717) is 40.2 Å². The third-order valence-electron chi connectivity index (χ3n) is 8.95. The van der Waals surface area contributed by atoms with Gasteiger partial charge in [0, 0.05) is 28.2 Å². The number of aliphatic hydroxyl groups is 1. The van der Waals surface area contributed by atoms with E-state index in [9.17, 15) is 14.7 Å². The Bertz CT molecular complexity index is 1610. The van der Waals surface area contributed by atoms with Crippen LogP contribution < -0.4 is 28.4 Å². The summed E-state index contributed by atoms with van der Waals surface area (Å²) >= 11 is 0. The third-order valence-corrected chi connectivity index (χ3v) is 8.95. The van der Waals surface area contributed by atoms with Gasteiger partial charge in [0.15, 0.2) is 29.1 Å². The van der Waals surface area contributed by atoms with Crippen LogP contribution >= 0.6 is 0 Å². The van der Waals surface area contributed by atoms with E-state index < -0.39 is 41.6 Å². The smallest absolute Gasteiger partial charge is 0.338 e. The zero-order valence-corrected chi connectivity index (χ0v) is 27.3. The first-order chi connectivity index (χ1) is 22.0. The number of fused-ring (bicyclic) bond motifs is 4. The minimum Gasteiger partial charge on any atom is -0.493 e. The van der Waals surface area contributed by atoms with Gasteiger partial charge in [-0.3, -0.25) is 4.79 Å². The van der Waals surface area contributed by atoms with Gasteiger partial charge in [-0.25, -0.2) is 4.79 Å². The van der Waals surface area contributed by atoms with Crippen LogP contribution in [0.5, 0.6) is 34.5 Å². The summed E-state index contributed by atoms with van der Waals surface area (Å²) in [7, 11) is 5.88. The Balaban J connectivity index is 1.92. The molecule has 0 aromatic heterocycles. The first kappa shape index (κ1) is 32.7. The van der Waals surface area contributed by atoms with Gasteiger partial charge in [-0.15, -0.1) is 0 Å². The number of carbonyl (C=O) groups excluding carboxylic acids is 2. The molecular weight excluding hydrogens is 596 g/mol. The molecule has 1 N–H and O–H groups in total. The Morgan fingerprint density at radius 1 is 0.913 bits per heavy atom. The minimum atomic E-state index is -1.84. The first-order valence-corrected chi connectivity index (χ1v) is 15.1. The molecule has 3 aromatic carbocycles. The Hall–Kier alpha value is -4.64. The minimum absolute atomic E-state index is 0.0631. The maximum atomic E-state index is 13.7.